The Labute approximate surface area is 143 Å². The molecule has 1 aliphatic rings. The number of ether oxygens (including phenoxy) is 3. The SMILES string of the molecule is CCC(OC1OCCCC1=O)c1ccc(C(=O)OC(C)(C)C)cc1. The second-order valence-electron chi connectivity index (χ2n) is 6.93. The minimum atomic E-state index is -0.783. The van der Waals surface area contributed by atoms with Crippen LogP contribution in [-0.2, 0) is 19.0 Å². The average molecular weight is 334 g/mol. The third kappa shape index (κ3) is 5.14. The van der Waals surface area contributed by atoms with Gasteiger partial charge in [0, 0.05) is 6.42 Å². The Bertz CT molecular complexity index is 570. The zero-order valence-electron chi connectivity index (χ0n) is 14.8. The van der Waals surface area contributed by atoms with Crippen LogP contribution in [0.3, 0.4) is 0 Å². The molecule has 0 N–H and O–H groups in total. The summed E-state index contributed by atoms with van der Waals surface area (Å²) < 4.78 is 16.6. The maximum atomic E-state index is 12.1. The third-order valence-corrected chi connectivity index (χ3v) is 3.68. The molecular formula is C19H26O5. The number of hydrogen-bond acceptors (Lipinski definition) is 5. The predicted octanol–water partition coefficient (Wildman–Crippen LogP) is 3.82. The van der Waals surface area contributed by atoms with Crippen molar-refractivity contribution in [2.24, 2.45) is 0 Å². The highest BCUT2D eigenvalue weighted by molar-refractivity contribution is 5.89. The van der Waals surface area contributed by atoms with Crippen LogP contribution in [0.25, 0.3) is 0 Å². The van der Waals surface area contributed by atoms with E-state index in [9.17, 15) is 9.59 Å². The van der Waals surface area contributed by atoms with Gasteiger partial charge in [-0.15, -0.1) is 0 Å². The normalized spacial score (nSPS) is 19.8. The fourth-order valence-electron chi connectivity index (χ4n) is 2.49. The topological polar surface area (TPSA) is 61.8 Å². The summed E-state index contributed by atoms with van der Waals surface area (Å²) in [4.78, 5) is 23.9. The van der Waals surface area contributed by atoms with Crippen molar-refractivity contribution in [1.29, 1.82) is 0 Å². The van der Waals surface area contributed by atoms with Crippen molar-refractivity contribution < 1.29 is 23.8 Å². The van der Waals surface area contributed by atoms with E-state index >= 15 is 0 Å². The molecule has 2 unspecified atom stereocenters. The van der Waals surface area contributed by atoms with E-state index in [2.05, 4.69) is 0 Å². The van der Waals surface area contributed by atoms with E-state index in [0.717, 1.165) is 12.0 Å². The number of ketones is 1. The summed E-state index contributed by atoms with van der Waals surface area (Å²) in [5, 5.41) is 0. The van der Waals surface area contributed by atoms with Crippen molar-refractivity contribution in [1.82, 2.24) is 0 Å². The van der Waals surface area contributed by atoms with Gasteiger partial charge in [-0.3, -0.25) is 4.79 Å². The molecule has 0 aliphatic carbocycles. The van der Waals surface area contributed by atoms with Crippen molar-refractivity contribution in [3.8, 4) is 0 Å². The summed E-state index contributed by atoms with van der Waals surface area (Å²) >= 11 is 0. The van der Waals surface area contributed by atoms with Gasteiger partial charge in [0.2, 0.25) is 6.29 Å². The highest BCUT2D eigenvalue weighted by Crippen LogP contribution is 2.26. The van der Waals surface area contributed by atoms with Gasteiger partial charge in [0.25, 0.3) is 0 Å². The van der Waals surface area contributed by atoms with Crippen LogP contribution in [0.1, 0.15) is 69.0 Å². The van der Waals surface area contributed by atoms with Crippen LogP contribution >= 0.6 is 0 Å². The minimum Gasteiger partial charge on any atom is -0.456 e. The van der Waals surface area contributed by atoms with Gasteiger partial charge >= 0.3 is 5.97 Å². The molecule has 1 saturated heterocycles. The summed E-state index contributed by atoms with van der Waals surface area (Å²) in [5.74, 6) is -0.362. The molecule has 24 heavy (non-hydrogen) atoms. The summed E-state index contributed by atoms with van der Waals surface area (Å²) in [7, 11) is 0. The molecule has 0 spiro atoms. The quantitative estimate of drug-likeness (QED) is 0.766. The molecule has 1 aromatic rings. The lowest BCUT2D eigenvalue weighted by Crippen LogP contribution is -2.33. The number of hydrogen-bond donors (Lipinski definition) is 0. The van der Waals surface area contributed by atoms with E-state index < -0.39 is 11.9 Å². The van der Waals surface area contributed by atoms with Gasteiger partial charge < -0.3 is 14.2 Å². The molecule has 1 fully saturated rings. The highest BCUT2D eigenvalue weighted by atomic mass is 16.7. The van der Waals surface area contributed by atoms with Gasteiger partial charge in [-0.1, -0.05) is 19.1 Å². The molecule has 1 aromatic carbocycles. The number of Topliss-reactive ketones (excluding diaryl/α,β-unsaturated/α-hetero) is 1. The Morgan fingerprint density at radius 3 is 2.50 bits per heavy atom. The zero-order chi connectivity index (χ0) is 17.7. The minimum absolute atomic E-state index is 0.00919. The Balaban J connectivity index is 2.04. The smallest absolute Gasteiger partial charge is 0.338 e. The lowest BCUT2D eigenvalue weighted by Gasteiger charge is -2.26. The van der Waals surface area contributed by atoms with Crippen molar-refractivity contribution in [3.63, 3.8) is 0 Å². The Hall–Kier alpha value is -1.72. The van der Waals surface area contributed by atoms with E-state index in [1.54, 1.807) is 12.1 Å². The molecular weight excluding hydrogens is 308 g/mol. The summed E-state index contributed by atoms with van der Waals surface area (Å²) in [6.45, 7) is 8.04. The molecule has 0 aromatic heterocycles. The van der Waals surface area contributed by atoms with Gasteiger partial charge in [0.15, 0.2) is 5.78 Å². The average Bonchev–Trinajstić information content (AvgIpc) is 2.53. The summed E-state index contributed by atoms with van der Waals surface area (Å²) in [6.07, 6.45) is 0.927. The first-order chi connectivity index (χ1) is 11.3. The van der Waals surface area contributed by atoms with E-state index in [0.29, 0.717) is 25.0 Å². The van der Waals surface area contributed by atoms with E-state index in [4.69, 9.17) is 14.2 Å². The number of benzene rings is 1. The molecule has 132 valence electrons. The predicted molar refractivity (Wildman–Crippen MR) is 89.7 cm³/mol. The van der Waals surface area contributed by atoms with Crippen molar-refractivity contribution >= 4 is 11.8 Å². The van der Waals surface area contributed by atoms with Crippen LogP contribution in [0.4, 0.5) is 0 Å². The van der Waals surface area contributed by atoms with Gasteiger partial charge in [0.05, 0.1) is 18.3 Å². The Kier molecular flexibility index (Phi) is 6.13. The van der Waals surface area contributed by atoms with Crippen LogP contribution in [0.5, 0.6) is 0 Å². The van der Waals surface area contributed by atoms with Crippen LogP contribution in [0.15, 0.2) is 24.3 Å². The van der Waals surface area contributed by atoms with Gasteiger partial charge in [-0.05, 0) is 51.3 Å². The number of carbonyl (C=O) groups excluding carboxylic acids is 2. The summed E-state index contributed by atoms with van der Waals surface area (Å²) in [6, 6.07) is 7.11. The first-order valence-corrected chi connectivity index (χ1v) is 8.43. The second kappa shape index (κ2) is 7.90. The zero-order valence-corrected chi connectivity index (χ0v) is 14.8. The third-order valence-electron chi connectivity index (χ3n) is 3.68. The van der Waals surface area contributed by atoms with Crippen LogP contribution in [0.2, 0.25) is 0 Å². The standard InChI is InChI=1S/C19H26O5/c1-5-16(23-18-15(20)7-6-12-22-18)13-8-10-14(11-9-13)17(21)24-19(2,3)4/h8-11,16,18H,5-7,12H2,1-4H3. The number of carbonyl (C=O) groups is 2. The molecule has 5 nitrogen and oxygen atoms in total. The highest BCUT2D eigenvalue weighted by Gasteiger charge is 2.27. The summed E-state index contributed by atoms with van der Waals surface area (Å²) in [5.41, 5.74) is 0.879. The molecule has 5 heteroatoms. The first-order valence-electron chi connectivity index (χ1n) is 8.43. The van der Waals surface area contributed by atoms with Crippen LogP contribution < -0.4 is 0 Å². The monoisotopic (exact) mass is 334 g/mol. The maximum absolute atomic E-state index is 12.1. The lowest BCUT2D eigenvalue weighted by atomic mass is 10.0. The maximum Gasteiger partial charge on any atom is 0.338 e. The van der Waals surface area contributed by atoms with Crippen molar-refractivity contribution in [3.05, 3.63) is 35.4 Å². The largest absolute Gasteiger partial charge is 0.456 e. The molecule has 1 aliphatic heterocycles. The van der Waals surface area contributed by atoms with Gasteiger partial charge in [-0.25, -0.2) is 4.79 Å². The van der Waals surface area contributed by atoms with E-state index in [-0.39, 0.29) is 17.9 Å². The first kappa shape index (κ1) is 18.6. The Morgan fingerprint density at radius 2 is 1.96 bits per heavy atom. The second-order valence-corrected chi connectivity index (χ2v) is 6.93. The molecule has 0 radical (unpaired) electrons. The lowest BCUT2D eigenvalue weighted by molar-refractivity contribution is -0.194. The van der Waals surface area contributed by atoms with E-state index in [1.807, 2.05) is 39.8 Å². The van der Waals surface area contributed by atoms with E-state index in [1.165, 1.54) is 0 Å². The fraction of sp³-hybridized carbons (Fsp3) is 0.579. The molecule has 0 bridgehead atoms. The number of rotatable bonds is 5. The Morgan fingerprint density at radius 1 is 1.29 bits per heavy atom. The van der Waals surface area contributed by atoms with Crippen molar-refractivity contribution in [2.75, 3.05) is 6.61 Å². The van der Waals surface area contributed by atoms with Crippen molar-refractivity contribution in [2.45, 2.75) is 65.0 Å². The van der Waals surface area contributed by atoms with Gasteiger partial charge in [-0.2, -0.15) is 0 Å². The molecule has 0 amide bonds. The molecule has 1 heterocycles. The number of esters is 1. The molecule has 0 saturated carbocycles. The fourth-order valence-corrected chi connectivity index (χ4v) is 2.49. The molecule has 2 rings (SSSR count). The van der Waals surface area contributed by atoms with Crippen LogP contribution in [-0.4, -0.2) is 30.3 Å². The van der Waals surface area contributed by atoms with Crippen LogP contribution in [0, 0.1) is 0 Å². The van der Waals surface area contributed by atoms with Gasteiger partial charge in [0.1, 0.15) is 5.60 Å². The molecule has 2 atom stereocenters.